The molecule has 2 N–H and O–H groups in total. The molecule has 0 bridgehead atoms. The minimum absolute atomic E-state index is 0. The molecular weight excluding hydrogens is 609 g/mol. The quantitative estimate of drug-likeness (QED) is 0.354. The van der Waals surface area contributed by atoms with Crippen LogP contribution in [0.4, 0.5) is 0 Å². The maximum absolute atomic E-state index is 11.4. The van der Waals surface area contributed by atoms with Crippen molar-refractivity contribution in [3.8, 4) is 0 Å². The Kier molecular flexibility index (Phi) is 12.4. The van der Waals surface area contributed by atoms with Gasteiger partial charge in [-0.25, -0.2) is 0 Å². The van der Waals surface area contributed by atoms with Gasteiger partial charge >= 0.3 is 0 Å². The topological polar surface area (TPSA) is 127 Å². The molecule has 155 valence electrons. The zero-order valence-electron chi connectivity index (χ0n) is 16.0. The Bertz CT molecular complexity index is 471. The molecule has 2 aliphatic rings. The zero-order valence-corrected chi connectivity index (χ0v) is 21.8. The first kappa shape index (κ1) is 28.0. The first-order valence-electron chi connectivity index (χ1n) is 8.31. The fraction of sp³-hybridized carbons (Fsp3) is 0.938. The number of hydrogen-bond donors (Lipinski definition) is 2. The SMILES string of the molecule is COC1C(C(=O)[O-])OC(OC2C(C)OC(C)C(C)C2O)C(O)C1OC.[W].[Y]. The molecular formula is C16H27O9WY-. The summed E-state index contributed by atoms with van der Waals surface area (Å²) in [5.74, 6) is -1.71. The van der Waals surface area contributed by atoms with Crippen molar-refractivity contribution in [1.29, 1.82) is 0 Å². The number of carbonyl (C=O) groups excluding carboxylic acids is 1. The van der Waals surface area contributed by atoms with E-state index in [0.717, 1.165) is 0 Å². The average Bonchev–Trinajstić information content (AvgIpc) is 2.57. The van der Waals surface area contributed by atoms with Gasteiger partial charge in [0.1, 0.15) is 30.5 Å². The van der Waals surface area contributed by atoms with Crippen molar-refractivity contribution in [2.24, 2.45) is 5.92 Å². The van der Waals surface area contributed by atoms with Crippen molar-refractivity contribution in [3.63, 3.8) is 0 Å². The predicted molar refractivity (Wildman–Crippen MR) is 81.3 cm³/mol. The fourth-order valence-corrected chi connectivity index (χ4v) is 3.40. The molecule has 0 aromatic heterocycles. The molecule has 10 atom stereocenters. The van der Waals surface area contributed by atoms with Crippen molar-refractivity contribution >= 4 is 5.97 Å². The van der Waals surface area contributed by atoms with Gasteiger partial charge in [0.05, 0.1) is 24.3 Å². The average molecular weight is 636 g/mol. The van der Waals surface area contributed by atoms with Crippen LogP contribution in [0, 0.1) is 5.92 Å². The van der Waals surface area contributed by atoms with Crippen LogP contribution < -0.4 is 5.11 Å². The van der Waals surface area contributed by atoms with Gasteiger partial charge in [-0.05, 0) is 13.8 Å². The normalized spacial score (nSPS) is 44.7. The van der Waals surface area contributed by atoms with E-state index in [9.17, 15) is 20.1 Å². The number of methoxy groups -OCH3 is 2. The first-order valence-corrected chi connectivity index (χ1v) is 8.31. The first-order chi connectivity index (χ1) is 11.7. The summed E-state index contributed by atoms with van der Waals surface area (Å²) in [6, 6.07) is 0. The number of aliphatic hydroxyl groups is 2. The monoisotopic (exact) mass is 636 g/mol. The number of rotatable bonds is 5. The van der Waals surface area contributed by atoms with Crippen molar-refractivity contribution in [2.45, 2.75) is 75.9 Å². The summed E-state index contributed by atoms with van der Waals surface area (Å²) < 4.78 is 27.1. The van der Waals surface area contributed by atoms with E-state index >= 15 is 0 Å². The Balaban J connectivity index is 0.00000338. The fourth-order valence-electron chi connectivity index (χ4n) is 3.40. The Morgan fingerprint density at radius 1 is 0.926 bits per heavy atom. The molecule has 0 amide bonds. The third kappa shape index (κ3) is 6.00. The van der Waals surface area contributed by atoms with E-state index in [0.29, 0.717) is 0 Å². The third-order valence-electron chi connectivity index (χ3n) is 5.09. The Morgan fingerprint density at radius 3 is 1.96 bits per heavy atom. The van der Waals surface area contributed by atoms with Crippen molar-refractivity contribution < 1.29 is 97.6 Å². The number of aliphatic hydroxyl groups excluding tert-OH is 2. The van der Waals surface area contributed by atoms with Crippen LogP contribution in [0.5, 0.6) is 0 Å². The van der Waals surface area contributed by atoms with Crippen molar-refractivity contribution in [3.05, 3.63) is 0 Å². The summed E-state index contributed by atoms with van der Waals surface area (Å²) in [6.07, 6.45) is -8.51. The maximum atomic E-state index is 11.4. The number of aliphatic carboxylic acids is 1. The van der Waals surface area contributed by atoms with Gasteiger partial charge in [0.2, 0.25) is 0 Å². The summed E-state index contributed by atoms with van der Waals surface area (Å²) in [6.45, 7) is 5.40. The van der Waals surface area contributed by atoms with Gasteiger partial charge < -0.3 is 43.8 Å². The molecule has 1 radical (unpaired) electrons. The van der Waals surface area contributed by atoms with E-state index in [1.165, 1.54) is 14.2 Å². The summed E-state index contributed by atoms with van der Waals surface area (Å²) in [5.41, 5.74) is 0. The van der Waals surface area contributed by atoms with E-state index < -0.39 is 55.0 Å². The Morgan fingerprint density at radius 2 is 1.48 bits per heavy atom. The second-order valence-corrected chi connectivity index (χ2v) is 6.63. The predicted octanol–water partition coefficient (Wildman–Crippen LogP) is -1.96. The molecule has 2 fully saturated rings. The molecule has 0 saturated carbocycles. The molecule has 0 aromatic carbocycles. The smallest absolute Gasteiger partial charge is 0.187 e. The molecule has 0 aromatic rings. The van der Waals surface area contributed by atoms with Crippen LogP contribution in [0.15, 0.2) is 0 Å². The minimum atomic E-state index is -1.51. The van der Waals surface area contributed by atoms with Crippen LogP contribution in [-0.2, 0) is 82.3 Å². The van der Waals surface area contributed by atoms with Gasteiger partial charge in [-0.15, -0.1) is 0 Å². The molecule has 2 aliphatic heterocycles. The standard InChI is InChI=1S/C16H28O9.W.Y/c1-6-7(2)23-8(3)11(9(6)17)24-16-10(18)12(21-4)13(22-5)14(25-16)15(19)20;;/h6-14,16-18H,1-5H3,(H,19,20);;/p-1. The van der Waals surface area contributed by atoms with Gasteiger partial charge in [0.15, 0.2) is 6.29 Å². The Labute approximate surface area is 198 Å². The molecule has 2 saturated heterocycles. The van der Waals surface area contributed by atoms with Crippen LogP contribution in [0.25, 0.3) is 0 Å². The summed E-state index contributed by atoms with van der Waals surface area (Å²) in [7, 11) is 2.60. The summed E-state index contributed by atoms with van der Waals surface area (Å²) in [5, 5.41) is 32.3. The largest absolute Gasteiger partial charge is 0.547 e. The molecule has 11 heteroatoms. The molecule has 2 rings (SSSR count). The third-order valence-corrected chi connectivity index (χ3v) is 5.09. The Hall–Kier alpha value is 0.982. The second kappa shape index (κ2) is 12.0. The molecule has 10 unspecified atom stereocenters. The van der Waals surface area contributed by atoms with Crippen LogP contribution in [0.2, 0.25) is 0 Å². The minimum Gasteiger partial charge on any atom is -0.547 e. The van der Waals surface area contributed by atoms with E-state index in [4.69, 9.17) is 23.7 Å². The molecule has 0 spiro atoms. The van der Waals surface area contributed by atoms with Gasteiger partial charge in [-0.1, -0.05) is 6.92 Å². The van der Waals surface area contributed by atoms with Gasteiger partial charge in [0.25, 0.3) is 0 Å². The van der Waals surface area contributed by atoms with E-state index in [1.54, 1.807) is 6.92 Å². The molecule has 9 nitrogen and oxygen atoms in total. The summed E-state index contributed by atoms with van der Waals surface area (Å²) >= 11 is 0. The number of ether oxygens (including phenoxy) is 5. The number of carboxylic acids is 1. The van der Waals surface area contributed by atoms with Crippen LogP contribution in [0.1, 0.15) is 20.8 Å². The van der Waals surface area contributed by atoms with Gasteiger partial charge in [-0.3, -0.25) is 0 Å². The molecule has 0 aliphatic carbocycles. The van der Waals surface area contributed by atoms with Gasteiger partial charge in [0, 0.05) is 73.9 Å². The van der Waals surface area contributed by atoms with E-state index in [-0.39, 0.29) is 65.8 Å². The van der Waals surface area contributed by atoms with E-state index in [1.807, 2.05) is 13.8 Å². The van der Waals surface area contributed by atoms with Crippen molar-refractivity contribution in [2.75, 3.05) is 14.2 Å². The van der Waals surface area contributed by atoms with Gasteiger partial charge in [-0.2, -0.15) is 0 Å². The molecule has 27 heavy (non-hydrogen) atoms. The second-order valence-electron chi connectivity index (χ2n) is 6.63. The maximum Gasteiger partial charge on any atom is 0.187 e. The number of carbonyl (C=O) groups is 1. The number of hydrogen-bond acceptors (Lipinski definition) is 9. The summed E-state index contributed by atoms with van der Waals surface area (Å²) in [4.78, 5) is 11.4. The van der Waals surface area contributed by atoms with Crippen LogP contribution in [0.3, 0.4) is 0 Å². The van der Waals surface area contributed by atoms with Crippen molar-refractivity contribution in [1.82, 2.24) is 0 Å². The van der Waals surface area contributed by atoms with Crippen LogP contribution >= 0.6 is 0 Å². The number of carboxylic acid groups (broad SMARTS) is 1. The zero-order chi connectivity index (χ0) is 18.9. The van der Waals surface area contributed by atoms with E-state index in [2.05, 4.69) is 0 Å². The molecule has 2 heterocycles. The van der Waals surface area contributed by atoms with Crippen LogP contribution in [-0.4, -0.2) is 85.5 Å².